The molecule has 0 aliphatic carbocycles. The lowest BCUT2D eigenvalue weighted by Crippen LogP contribution is -2.28. The predicted octanol–water partition coefficient (Wildman–Crippen LogP) is 3.62. The van der Waals surface area contributed by atoms with Gasteiger partial charge in [0.15, 0.2) is 0 Å². The van der Waals surface area contributed by atoms with E-state index in [9.17, 15) is 0 Å². The number of aromatic nitrogens is 2. The zero-order valence-corrected chi connectivity index (χ0v) is 13.2. The number of likely N-dealkylation sites (N-methyl/N-ethyl adjacent to an activating group) is 1. The van der Waals surface area contributed by atoms with Gasteiger partial charge in [0, 0.05) is 24.4 Å². The van der Waals surface area contributed by atoms with Gasteiger partial charge in [0.25, 0.3) is 0 Å². The molecule has 0 aliphatic heterocycles. The Bertz CT molecular complexity index is 542. The molecular formula is C17H27N3. The first-order chi connectivity index (χ1) is 9.65. The van der Waals surface area contributed by atoms with Crippen molar-refractivity contribution in [2.45, 2.75) is 52.6 Å². The molecule has 110 valence electrons. The first-order valence-corrected chi connectivity index (χ1v) is 7.77. The highest BCUT2D eigenvalue weighted by molar-refractivity contribution is 5.82. The normalized spacial score (nSPS) is 13.2. The number of para-hydroxylation sites is 1. The lowest BCUT2D eigenvalue weighted by Gasteiger charge is -2.16. The first-order valence-electron chi connectivity index (χ1n) is 7.77. The summed E-state index contributed by atoms with van der Waals surface area (Å²) in [4.78, 5) is 0. The zero-order chi connectivity index (χ0) is 14.5. The number of rotatable bonds is 7. The van der Waals surface area contributed by atoms with Crippen LogP contribution in [0, 0.1) is 5.92 Å². The second kappa shape index (κ2) is 6.89. The first kappa shape index (κ1) is 15.0. The molecule has 2 aromatic rings. The number of hydrogen-bond acceptors (Lipinski definition) is 2. The molecule has 1 heterocycles. The number of hydrogen-bond donors (Lipinski definition) is 1. The third-order valence-corrected chi connectivity index (χ3v) is 3.97. The quantitative estimate of drug-likeness (QED) is 0.835. The summed E-state index contributed by atoms with van der Waals surface area (Å²) >= 11 is 0. The number of aryl methyl sites for hydroxylation is 1. The third-order valence-electron chi connectivity index (χ3n) is 3.97. The van der Waals surface area contributed by atoms with Crippen molar-refractivity contribution in [2.24, 2.45) is 5.92 Å². The van der Waals surface area contributed by atoms with Gasteiger partial charge in [-0.2, -0.15) is 5.10 Å². The minimum atomic E-state index is 0.515. The average Bonchev–Trinajstić information content (AvgIpc) is 2.81. The molecule has 0 bridgehead atoms. The van der Waals surface area contributed by atoms with Crippen LogP contribution in [0.1, 0.15) is 39.3 Å². The monoisotopic (exact) mass is 273 g/mol. The number of nitrogens with zero attached hydrogens (tertiary/aromatic N) is 2. The molecule has 1 N–H and O–H groups in total. The highest BCUT2D eigenvalue weighted by Gasteiger charge is 2.14. The van der Waals surface area contributed by atoms with Crippen LogP contribution in [0.15, 0.2) is 24.3 Å². The van der Waals surface area contributed by atoms with Crippen molar-refractivity contribution < 1.29 is 0 Å². The summed E-state index contributed by atoms with van der Waals surface area (Å²) in [5.74, 6) is 0.760. The Hall–Kier alpha value is -1.35. The second-order valence-electron chi connectivity index (χ2n) is 5.94. The molecule has 0 saturated heterocycles. The van der Waals surface area contributed by atoms with Crippen molar-refractivity contribution in [3.8, 4) is 0 Å². The summed E-state index contributed by atoms with van der Waals surface area (Å²) < 4.78 is 2.11. The smallest absolute Gasteiger partial charge is 0.0718 e. The fourth-order valence-electron chi connectivity index (χ4n) is 2.70. The van der Waals surface area contributed by atoms with Gasteiger partial charge in [0.2, 0.25) is 0 Å². The van der Waals surface area contributed by atoms with Crippen molar-refractivity contribution in [3.05, 3.63) is 30.0 Å². The Kier molecular flexibility index (Phi) is 5.18. The molecule has 0 saturated carbocycles. The number of fused-ring (bicyclic) bond motifs is 1. The lowest BCUT2D eigenvalue weighted by atomic mass is 9.99. The molecule has 1 atom stereocenters. The van der Waals surface area contributed by atoms with Gasteiger partial charge < -0.3 is 5.32 Å². The van der Waals surface area contributed by atoms with Crippen molar-refractivity contribution in [1.82, 2.24) is 15.1 Å². The van der Waals surface area contributed by atoms with Gasteiger partial charge in [-0.05, 0) is 38.8 Å². The van der Waals surface area contributed by atoms with E-state index in [0.717, 1.165) is 18.9 Å². The molecule has 0 fully saturated rings. The zero-order valence-electron chi connectivity index (χ0n) is 13.2. The van der Waals surface area contributed by atoms with E-state index in [1.807, 2.05) is 0 Å². The maximum atomic E-state index is 4.80. The Labute approximate surface area is 122 Å². The van der Waals surface area contributed by atoms with Crippen LogP contribution in [-0.4, -0.2) is 22.9 Å². The molecule has 0 amide bonds. The highest BCUT2D eigenvalue weighted by Crippen LogP contribution is 2.21. The van der Waals surface area contributed by atoms with Gasteiger partial charge in [-0.15, -0.1) is 0 Å². The third kappa shape index (κ3) is 3.40. The Balaban J connectivity index is 2.19. The Morgan fingerprint density at radius 1 is 1.20 bits per heavy atom. The minimum absolute atomic E-state index is 0.515. The van der Waals surface area contributed by atoms with E-state index >= 15 is 0 Å². The summed E-state index contributed by atoms with van der Waals surface area (Å²) in [6.07, 6.45) is 3.48. The topological polar surface area (TPSA) is 29.9 Å². The van der Waals surface area contributed by atoms with Gasteiger partial charge in [-0.3, -0.25) is 4.68 Å². The van der Waals surface area contributed by atoms with Gasteiger partial charge in [0.05, 0.1) is 11.2 Å². The largest absolute Gasteiger partial charge is 0.317 e. The molecule has 2 rings (SSSR count). The van der Waals surface area contributed by atoms with Crippen LogP contribution >= 0.6 is 0 Å². The van der Waals surface area contributed by atoms with E-state index in [1.54, 1.807) is 0 Å². The van der Waals surface area contributed by atoms with Crippen LogP contribution < -0.4 is 5.32 Å². The summed E-state index contributed by atoms with van der Waals surface area (Å²) in [5.41, 5.74) is 2.48. The van der Waals surface area contributed by atoms with Crippen molar-refractivity contribution in [1.29, 1.82) is 0 Å². The summed E-state index contributed by atoms with van der Waals surface area (Å²) in [5, 5.41) is 9.55. The van der Waals surface area contributed by atoms with Gasteiger partial charge in [-0.25, -0.2) is 0 Å². The van der Waals surface area contributed by atoms with E-state index in [4.69, 9.17) is 5.10 Å². The molecule has 1 unspecified atom stereocenters. The Morgan fingerprint density at radius 2 is 1.95 bits per heavy atom. The van der Waals surface area contributed by atoms with E-state index in [1.165, 1.54) is 29.4 Å². The van der Waals surface area contributed by atoms with Crippen LogP contribution in [-0.2, 0) is 13.0 Å². The summed E-state index contributed by atoms with van der Waals surface area (Å²) in [6.45, 7) is 7.65. The van der Waals surface area contributed by atoms with E-state index in [0.29, 0.717) is 6.04 Å². The number of benzene rings is 1. The van der Waals surface area contributed by atoms with Crippen LogP contribution in [0.25, 0.3) is 10.9 Å². The predicted molar refractivity (Wildman–Crippen MR) is 86.0 cm³/mol. The minimum Gasteiger partial charge on any atom is -0.317 e. The van der Waals surface area contributed by atoms with Crippen LogP contribution in [0.5, 0.6) is 0 Å². The lowest BCUT2D eigenvalue weighted by molar-refractivity contribution is 0.447. The molecule has 1 aromatic carbocycles. The van der Waals surface area contributed by atoms with Gasteiger partial charge >= 0.3 is 0 Å². The Morgan fingerprint density at radius 3 is 2.60 bits per heavy atom. The maximum Gasteiger partial charge on any atom is 0.0718 e. The summed E-state index contributed by atoms with van der Waals surface area (Å²) in [7, 11) is 2.06. The van der Waals surface area contributed by atoms with E-state index in [-0.39, 0.29) is 0 Å². The molecule has 20 heavy (non-hydrogen) atoms. The van der Waals surface area contributed by atoms with Crippen LogP contribution in [0.2, 0.25) is 0 Å². The van der Waals surface area contributed by atoms with Crippen molar-refractivity contribution in [2.75, 3.05) is 7.05 Å². The van der Waals surface area contributed by atoms with Crippen molar-refractivity contribution >= 4 is 10.9 Å². The number of nitrogens with one attached hydrogen (secondary N) is 1. The summed E-state index contributed by atoms with van der Waals surface area (Å²) in [6, 6.07) is 9.07. The molecular weight excluding hydrogens is 246 g/mol. The fourth-order valence-corrected chi connectivity index (χ4v) is 2.70. The van der Waals surface area contributed by atoms with Gasteiger partial charge in [0.1, 0.15) is 0 Å². The molecule has 0 radical (unpaired) electrons. The second-order valence-corrected chi connectivity index (χ2v) is 5.94. The van der Waals surface area contributed by atoms with E-state index < -0.39 is 0 Å². The molecule has 0 spiro atoms. The van der Waals surface area contributed by atoms with Crippen molar-refractivity contribution in [3.63, 3.8) is 0 Å². The maximum absolute atomic E-state index is 4.80. The molecule has 1 aromatic heterocycles. The SMILES string of the molecule is CCn1nc(CC(CCC(C)C)NC)c2ccccc21. The highest BCUT2D eigenvalue weighted by atomic mass is 15.3. The standard InChI is InChI=1S/C17H27N3/c1-5-20-17-9-7-6-8-15(17)16(19-20)12-14(18-4)11-10-13(2)3/h6-9,13-14,18H,5,10-12H2,1-4H3. The molecule has 0 aliphatic rings. The average molecular weight is 273 g/mol. The van der Waals surface area contributed by atoms with Crippen LogP contribution in [0.4, 0.5) is 0 Å². The van der Waals surface area contributed by atoms with Gasteiger partial charge in [-0.1, -0.05) is 32.0 Å². The fraction of sp³-hybridized carbons (Fsp3) is 0.588. The van der Waals surface area contributed by atoms with Crippen LogP contribution in [0.3, 0.4) is 0 Å². The molecule has 3 nitrogen and oxygen atoms in total. The van der Waals surface area contributed by atoms with E-state index in [2.05, 4.69) is 62.1 Å². The molecule has 3 heteroatoms.